The number of carbonyl (C=O) groups excluding carboxylic acids is 2. The minimum absolute atomic E-state index is 0.408. The second kappa shape index (κ2) is 6.34. The van der Waals surface area contributed by atoms with Crippen LogP contribution in [0, 0.1) is 0 Å². The minimum Gasteiger partial charge on any atom is -0.379 e. The molecule has 108 valence electrons. The summed E-state index contributed by atoms with van der Waals surface area (Å²) < 4.78 is 5.38. The number of nitrogens with zero attached hydrogens (tertiary/aromatic N) is 1. The number of amides is 2. The first-order valence-corrected chi connectivity index (χ1v) is 7.01. The van der Waals surface area contributed by atoms with Crippen molar-refractivity contribution >= 4 is 11.8 Å². The van der Waals surface area contributed by atoms with Crippen LogP contribution in [0.15, 0.2) is 0 Å². The zero-order valence-electron chi connectivity index (χ0n) is 11.5. The highest BCUT2D eigenvalue weighted by molar-refractivity contribution is 6.35. The van der Waals surface area contributed by atoms with Gasteiger partial charge in [0.15, 0.2) is 0 Å². The molecule has 2 aliphatic rings. The van der Waals surface area contributed by atoms with Crippen LogP contribution in [0.3, 0.4) is 0 Å². The van der Waals surface area contributed by atoms with Crippen molar-refractivity contribution in [2.45, 2.75) is 31.7 Å². The molecule has 1 atom stereocenters. The number of carbonyl (C=O) groups is 2. The third kappa shape index (κ3) is 3.91. The van der Waals surface area contributed by atoms with E-state index in [0.717, 1.165) is 39.0 Å². The first-order chi connectivity index (χ1) is 9.11. The predicted octanol–water partition coefficient (Wildman–Crippen LogP) is -0.506. The first kappa shape index (κ1) is 14.3. The average Bonchev–Trinajstić information content (AvgIpc) is 2.67. The van der Waals surface area contributed by atoms with Crippen LogP contribution in [0.5, 0.6) is 0 Å². The SMILES string of the molecule is CC1(NC(=O)C(=O)N2CCCNCC2)CCCOC1. The van der Waals surface area contributed by atoms with Crippen molar-refractivity contribution in [3.05, 3.63) is 0 Å². The van der Waals surface area contributed by atoms with Gasteiger partial charge in [-0.1, -0.05) is 0 Å². The maximum absolute atomic E-state index is 12.1. The predicted molar refractivity (Wildman–Crippen MR) is 70.7 cm³/mol. The molecule has 6 nitrogen and oxygen atoms in total. The van der Waals surface area contributed by atoms with Gasteiger partial charge < -0.3 is 20.3 Å². The summed E-state index contributed by atoms with van der Waals surface area (Å²) in [5, 5.41) is 6.05. The summed E-state index contributed by atoms with van der Waals surface area (Å²) in [6.07, 6.45) is 2.66. The Morgan fingerprint density at radius 2 is 2.11 bits per heavy atom. The standard InChI is InChI=1S/C13H23N3O3/c1-13(4-2-9-19-10-13)15-11(17)12(18)16-7-3-5-14-6-8-16/h14H,2-10H2,1H3,(H,15,17). The molecule has 0 aromatic rings. The lowest BCUT2D eigenvalue weighted by atomic mass is 9.95. The van der Waals surface area contributed by atoms with Crippen LogP contribution in [0.1, 0.15) is 26.2 Å². The van der Waals surface area contributed by atoms with E-state index in [0.29, 0.717) is 19.7 Å². The van der Waals surface area contributed by atoms with Crippen LogP contribution in [-0.4, -0.2) is 61.6 Å². The Morgan fingerprint density at radius 1 is 1.26 bits per heavy atom. The molecular formula is C13H23N3O3. The van der Waals surface area contributed by atoms with Crippen molar-refractivity contribution < 1.29 is 14.3 Å². The Kier molecular flexibility index (Phi) is 4.76. The van der Waals surface area contributed by atoms with Gasteiger partial charge in [-0.25, -0.2) is 0 Å². The smallest absolute Gasteiger partial charge is 0.311 e. The monoisotopic (exact) mass is 269 g/mol. The number of rotatable bonds is 1. The van der Waals surface area contributed by atoms with E-state index in [-0.39, 0.29) is 0 Å². The Bertz CT molecular complexity index is 332. The molecule has 2 amide bonds. The molecule has 0 aromatic heterocycles. The van der Waals surface area contributed by atoms with Crippen molar-refractivity contribution in [2.24, 2.45) is 0 Å². The molecule has 0 aromatic carbocycles. The van der Waals surface area contributed by atoms with Crippen molar-refractivity contribution in [2.75, 3.05) is 39.4 Å². The van der Waals surface area contributed by atoms with E-state index in [4.69, 9.17) is 4.74 Å². The Hall–Kier alpha value is -1.14. The van der Waals surface area contributed by atoms with Crippen LogP contribution in [0.4, 0.5) is 0 Å². The largest absolute Gasteiger partial charge is 0.379 e. The molecule has 0 spiro atoms. The van der Waals surface area contributed by atoms with Crippen molar-refractivity contribution in [1.82, 2.24) is 15.5 Å². The lowest BCUT2D eigenvalue weighted by Crippen LogP contribution is -2.56. The van der Waals surface area contributed by atoms with Crippen LogP contribution >= 0.6 is 0 Å². The maximum atomic E-state index is 12.1. The van der Waals surface area contributed by atoms with E-state index in [1.165, 1.54) is 0 Å². The average molecular weight is 269 g/mol. The van der Waals surface area contributed by atoms with Gasteiger partial charge in [0, 0.05) is 26.2 Å². The van der Waals surface area contributed by atoms with Crippen LogP contribution in [0.25, 0.3) is 0 Å². The Balaban J connectivity index is 1.89. The molecule has 2 N–H and O–H groups in total. The number of hydrogen-bond acceptors (Lipinski definition) is 4. The Morgan fingerprint density at radius 3 is 2.84 bits per heavy atom. The molecule has 0 aliphatic carbocycles. The number of nitrogens with one attached hydrogen (secondary N) is 2. The van der Waals surface area contributed by atoms with Gasteiger partial charge >= 0.3 is 11.8 Å². The summed E-state index contributed by atoms with van der Waals surface area (Å²) >= 11 is 0. The summed E-state index contributed by atoms with van der Waals surface area (Å²) in [5.74, 6) is -0.926. The summed E-state index contributed by atoms with van der Waals surface area (Å²) in [5.41, 5.74) is -0.408. The highest BCUT2D eigenvalue weighted by Gasteiger charge is 2.33. The fourth-order valence-corrected chi connectivity index (χ4v) is 2.55. The summed E-state index contributed by atoms with van der Waals surface area (Å²) in [6, 6.07) is 0. The van der Waals surface area contributed by atoms with E-state index in [1.54, 1.807) is 4.90 Å². The van der Waals surface area contributed by atoms with Crippen LogP contribution in [-0.2, 0) is 14.3 Å². The lowest BCUT2D eigenvalue weighted by Gasteiger charge is -2.34. The Labute approximate surface area is 113 Å². The summed E-state index contributed by atoms with van der Waals surface area (Å²) in [4.78, 5) is 25.8. The first-order valence-electron chi connectivity index (χ1n) is 7.01. The van der Waals surface area contributed by atoms with Gasteiger partial charge in [-0.05, 0) is 32.7 Å². The minimum atomic E-state index is -0.505. The van der Waals surface area contributed by atoms with Crippen molar-refractivity contribution in [1.29, 1.82) is 0 Å². The molecule has 19 heavy (non-hydrogen) atoms. The molecule has 2 fully saturated rings. The maximum Gasteiger partial charge on any atom is 0.311 e. The topological polar surface area (TPSA) is 70.7 Å². The van der Waals surface area contributed by atoms with Gasteiger partial charge in [-0.2, -0.15) is 0 Å². The zero-order valence-corrected chi connectivity index (χ0v) is 11.5. The van der Waals surface area contributed by atoms with Gasteiger partial charge in [0.25, 0.3) is 0 Å². The normalized spacial score (nSPS) is 28.6. The quantitative estimate of drug-likeness (QED) is 0.629. The van der Waals surface area contributed by atoms with Gasteiger partial charge in [0.2, 0.25) is 0 Å². The van der Waals surface area contributed by atoms with Gasteiger partial charge in [0.05, 0.1) is 12.1 Å². The second-order valence-electron chi connectivity index (χ2n) is 5.57. The fourth-order valence-electron chi connectivity index (χ4n) is 2.55. The van der Waals surface area contributed by atoms with E-state index in [2.05, 4.69) is 10.6 Å². The number of hydrogen-bond donors (Lipinski definition) is 2. The van der Waals surface area contributed by atoms with E-state index < -0.39 is 17.4 Å². The summed E-state index contributed by atoms with van der Waals surface area (Å²) in [7, 11) is 0. The van der Waals surface area contributed by atoms with E-state index >= 15 is 0 Å². The number of ether oxygens (including phenoxy) is 1. The molecule has 2 heterocycles. The molecule has 0 bridgehead atoms. The highest BCUT2D eigenvalue weighted by Crippen LogP contribution is 2.18. The molecule has 0 saturated carbocycles. The van der Waals surface area contributed by atoms with Crippen LogP contribution in [0.2, 0.25) is 0 Å². The molecule has 2 saturated heterocycles. The van der Waals surface area contributed by atoms with Crippen LogP contribution < -0.4 is 10.6 Å². The molecule has 0 radical (unpaired) electrons. The molecular weight excluding hydrogens is 246 g/mol. The van der Waals surface area contributed by atoms with Crippen molar-refractivity contribution in [3.63, 3.8) is 0 Å². The molecule has 2 aliphatic heterocycles. The second-order valence-corrected chi connectivity index (χ2v) is 5.57. The highest BCUT2D eigenvalue weighted by atomic mass is 16.5. The van der Waals surface area contributed by atoms with Gasteiger partial charge in [-0.3, -0.25) is 9.59 Å². The zero-order chi connectivity index (χ0) is 13.7. The van der Waals surface area contributed by atoms with E-state index in [1.807, 2.05) is 6.92 Å². The van der Waals surface area contributed by atoms with Gasteiger partial charge in [-0.15, -0.1) is 0 Å². The lowest BCUT2D eigenvalue weighted by molar-refractivity contribution is -0.147. The molecule has 2 rings (SSSR count). The van der Waals surface area contributed by atoms with E-state index in [9.17, 15) is 9.59 Å². The third-order valence-corrected chi connectivity index (χ3v) is 3.67. The summed E-state index contributed by atoms with van der Waals surface area (Å²) in [6.45, 7) is 6.04. The van der Waals surface area contributed by atoms with Gasteiger partial charge in [0.1, 0.15) is 0 Å². The fraction of sp³-hybridized carbons (Fsp3) is 0.846. The van der Waals surface area contributed by atoms with Crippen molar-refractivity contribution in [3.8, 4) is 0 Å². The molecule has 1 unspecified atom stereocenters. The third-order valence-electron chi connectivity index (χ3n) is 3.67. The molecule has 6 heteroatoms.